The number of rotatable bonds is 7. The van der Waals surface area contributed by atoms with E-state index in [2.05, 4.69) is 30.9 Å². The predicted octanol–water partition coefficient (Wildman–Crippen LogP) is 4.42. The largest absolute Gasteiger partial charge is 0.392 e. The minimum atomic E-state index is -0.513. The summed E-state index contributed by atoms with van der Waals surface area (Å²) < 4.78 is 1.84. The van der Waals surface area contributed by atoms with Crippen LogP contribution in [0.15, 0.2) is 73.2 Å². The summed E-state index contributed by atoms with van der Waals surface area (Å²) in [5.41, 5.74) is 2.08. The van der Waals surface area contributed by atoms with Crippen LogP contribution in [-0.2, 0) is 0 Å². The number of carbonyl (C=O) groups is 1. The molecule has 2 aromatic heterocycles. The Morgan fingerprint density at radius 2 is 1.85 bits per heavy atom. The fraction of sp³-hybridized carbons (Fsp3) is 0.130. The highest BCUT2D eigenvalue weighted by Gasteiger charge is 2.11. The van der Waals surface area contributed by atoms with E-state index in [1.807, 2.05) is 16.7 Å². The van der Waals surface area contributed by atoms with Gasteiger partial charge in [0.25, 0.3) is 0 Å². The molecular formula is C23H22ClN7O2. The number of carbonyl (C=O) groups excluding carboxylic acids is 1. The number of nitrogens with zero attached hydrogens (tertiary/aromatic N) is 4. The predicted molar refractivity (Wildman–Crippen MR) is 129 cm³/mol. The first-order valence-electron chi connectivity index (χ1n) is 10.2. The number of hydrogen-bond donors (Lipinski definition) is 4. The minimum absolute atomic E-state index is 0.347. The van der Waals surface area contributed by atoms with Gasteiger partial charge < -0.3 is 21.1 Å². The lowest BCUT2D eigenvalue weighted by atomic mass is 10.2. The Kier molecular flexibility index (Phi) is 6.82. The molecule has 0 saturated carbocycles. The van der Waals surface area contributed by atoms with Gasteiger partial charge in [0.1, 0.15) is 11.6 Å². The average Bonchev–Trinajstić information content (AvgIpc) is 3.28. The molecule has 9 nitrogen and oxygen atoms in total. The van der Waals surface area contributed by atoms with Gasteiger partial charge in [-0.2, -0.15) is 4.98 Å². The number of benzene rings is 2. The molecule has 0 bridgehead atoms. The van der Waals surface area contributed by atoms with Crippen LogP contribution in [0.4, 0.5) is 22.1 Å². The lowest BCUT2D eigenvalue weighted by Crippen LogP contribution is -2.19. The van der Waals surface area contributed by atoms with Gasteiger partial charge in [0.05, 0.1) is 6.10 Å². The Labute approximate surface area is 195 Å². The Balaban J connectivity index is 1.47. The first kappa shape index (κ1) is 22.3. The van der Waals surface area contributed by atoms with Gasteiger partial charge in [-0.25, -0.2) is 14.8 Å². The number of urea groups is 1. The summed E-state index contributed by atoms with van der Waals surface area (Å²) in [5, 5.41) is 18.5. The van der Waals surface area contributed by atoms with E-state index in [9.17, 15) is 9.90 Å². The molecule has 0 aliphatic carbocycles. The van der Waals surface area contributed by atoms with Crippen molar-refractivity contribution in [3.8, 4) is 17.2 Å². The number of amides is 2. The first-order valence-corrected chi connectivity index (χ1v) is 10.6. The molecule has 4 rings (SSSR count). The van der Waals surface area contributed by atoms with E-state index in [1.165, 1.54) is 0 Å². The Hall–Kier alpha value is -3.95. The molecule has 0 saturated heterocycles. The average molecular weight is 464 g/mol. The lowest BCUT2D eigenvalue weighted by Gasteiger charge is -2.11. The van der Waals surface area contributed by atoms with Gasteiger partial charge in [-0.3, -0.25) is 4.57 Å². The molecule has 0 fully saturated rings. The zero-order chi connectivity index (χ0) is 23.2. The van der Waals surface area contributed by atoms with Crippen LogP contribution in [-0.4, -0.2) is 43.3 Å². The number of nitrogens with one attached hydrogen (secondary N) is 3. The number of aromatic nitrogens is 4. The molecule has 1 atom stereocenters. The van der Waals surface area contributed by atoms with E-state index in [0.29, 0.717) is 40.5 Å². The van der Waals surface area contributed by atoms with Crippen molar-refractivity contribution in [3.05, 3.63) is 78.2 Å². The number of aliphatic hydroxyl groups is 1. The van der Waals surface area contributed by atoms with Crippen molar-refractivity contribution in [2.24, 2.45) is 0 Å². The van der Waals surface area contributed by atoms with Crippen molar-refractivity contribution in [2.45, 2.75) is 13.0 Å². The maximum atomic E-state index is 12.3. The van der Waals surface area contributed by atoms with E-state index in [4.69, 9.17) is 11.6 Å². The van der Waals surface area contributed by atoms with Crippen molar-refractivity contribution in [2.75, 3.05) is 22.5 Å². The molecule has 4 N–H and O–H groups in total. The maximum absolute atomic E-state index is 12.3. The van der Waals surface area contributed by atoms with E-state index in [0.717, 1.165) is 5.56 Å². The second-order valence-electron chi connectivity index (χ2n) is 7.26. The molecule has 2 amide bonds. The van der Waals surface area contributed by atoms with Crippen LogP contribution in [0.25, 0.3) is 17.2 Å². The molecule has 0 unspecified atom stereocenters. The van der Waals surface area contributed by atoms with Gasteiger partial charge in [-0.15, -0.1) is 0 Å². The van der Waals surface area contributed by atoms with Crippen LogP contribution in [0, 0.1) is 0 Å². The normalized spacial score (nSPS) is 11.6. The second kappa shape index (κ2) is 10.1. The van der Waals surface area contributed by atoms with Crippen LogP contribution in [0.2, 0.25) is 5.02 Å². The van der Waals surface area contributed by atoms with E-state index in [-0.39, 0.29) is 6.03 Å². The SMILES string of the molecule is C[C@H](O)CNc1nccc(-n2ccnc2-c2ccc(NC(=O)Nc3cccc(Cl)c3)cc2)n1. The molecule has 0 radical (unpaired) electrons. The van der Waals surface area contributed by atoms with Crippen LogP contribution < -0.4 is 16.0 Å². The summed E-state index contributed by atoms with van der Waals surface area (Å²) in [7, 11) is 0. The zero-order valence-corrected chi connectivity index (χ0v) is 18.5. The fourth-order valence-corrected chi connectivity index (χ4v) is 3.26. The number of hydrogen-bond acceptors (Lipinski definition) is 6. The first-order chi connectivity index (χ1) is 16.0. The van der Waals surface area contributed by atoms with Gasteiger partial charge in [0, 0.05) is 47.1 Å². The molecule has 0 aliphatic rings. The molecule has 0 spiro atoms. The summed E-state index contributed by atoms with van der Waals surface area (Å²) >= 11 is 5.95. The van der Waals surface area contributed by atoms with Gasteiger partial charge in [-0.05, 0) is 55.5 Å². The molecule has 168 valence electrons. The zero-order valence-electron chi connectivity index (χ0n) is 17.7. The Morgan fingerprint density at radius 3 is 2.61 bits per heavy atom. The summed E-state index contributed by atoms with van der Waals surface area (Å²) in [6, 6.07) is 15.6. The molecule has 33 heavy (non-hydrogen) atoms. The number of aliphatic hydroxyl groups excluding tert-OH is 1. The third kappa shape index (κ3) is 5.85. The monoisotopic (exact) mass is 463 g/mol. The van der Waals surface area contributed by atoms with Crippen molar-refractivity contribution < 1.29 is 9.90 Å². The molecule has 0 aliphatic heterocycles. The van der Waals surface area contributed by atoms with Crippen molar-refractivity contribution >= 4 is 35.0 Å². The standard InChI is InChI=1S/C23H22ClN7O2/c1-15(32)14-27-22-26-10-9-20(30-22)31-12-11-25-21(31)16-5-7-18(8-6-16)28-23(33)29-19-4-2-3-17(24)13-19/h2-13,15,32H,14H2,1H3,(H,26,27,30)(H2,28,29,33)/t15-/m0/s1. The lowest BCUT2D eigenvalue weighted by molar-refractivity contribution is 0.208. The summed E-state index contributed by atoms with van der Waals surface area (Å²) in [6.45, 7) is 2.03. The highest BCUT2D eigenvalue weighted by atomic mass is 35.5. The van der Waals surface area contributed by atoms with Crippen LogP contribution in [0.5, 0.6) is 0 Å². The van der Waals surface area contributed by atoms with E-state index in [1.54, 1.807) is 68.0 Å². The number of halogens is 1. The van der Waals surface area contributed by atoms with Gasteiger partial charge in [0.15, 0.2) is 0 Å². The van der Waals surface area contributed by atoms with Gasteiger partial charge >= 0.3 is 6.03 Å². The van der Waals surface area contributed by atoms with Crippen LogP contribution >= 0.6 is 11.6 Å². The highest BCUT2D eigenvalue weighted by molar-refractivity contribution is 6.30. The van der Waals surface area contributed by atoms with Gasteiger partial charge in [0.2, 0.25) is 5.95 Å². The third-order valence-electron chi connectivity index (χ3n) is 4.57. The Morgan fingerprint density at radius 1 is 1.06 bits per heavy atom. The highest BCUT2D eigenvalue weighted by Crippen LogP contribution is 2.23. The molecule has 2 heterocycles. The van der Waals surface area contributed by atoms with E-state index < -0.39 is 6.10 Å². The van der Waals surface area contributed by atoms with Crippen LogP contribution in [0.3, 0.4) is 0 Å². The number of anilines is 3. The topological polar surface area (TPSA) is 117 Å². The van der Waals surface area contributed by atoms with Crippen molar-refractivity contribution in [3.63, 3.8) is 0 Å². The molecular weight excluding hydrogens is 442 g/mol. The third-order valence-corrected chi connectivity index (χ3v) is 4.80. The summed E-state index contributed by atoms with van der Waals surface area (Å²) in [5.74, 6) is 1.73. The molecule has 4 aromatic rings. The Bertz CT molecular complexity index is 1240. The van der Waals surface area contributed by atoms with Crippen LogP contribution in [0.1, 0.15) is 6.92 Å². The number of imidazole rings is 1. The summed E-state index contributed by atoms with van der Waals surface area (Å²) in [6.07, 6.45) is 4.62. The minimum Gasteiger partial charge on any atom is -0.392 e. The summed E-state index contributed by atoms with van der Waals surface area (Å²) in [4.78, 5) is 25.4. The maximum Gasteiger partial charge on any atom is 0.323 e. The fourth-order valence-electron chi connectivity index (χ4n) is 3.07. The van der Waals surface area contributed by atoms with Crippen molar-refractivity contribution in [1.82, 2.24) is 19.5 Å². The van der Waals surface area contributed by atoms with Gasteiger partial charge in [-0.1, -0.05) is 17.7 Å². The van der Waals surface area contributed by atoms with E-state index >= 15 is 0 Å². The molecule has 10 heteroatoms. The molecule has 2 aromatic carbocycles. The second-order valence-corrected chi connectivity index (χ2v) is 7.69. The smallest absolute Gasteiger partial charge is 0.323 e. The van der Waals surface area contributed by atoms with Crippen molar-refractivity contribution in [1.29, 1.82) is 0 Å². The quantitative estimate of drug-likeness (QED) is 0.322.